The fraction of sp³-hybridized carbons (Fsp3) is 0.167. The van der Waals surface area contributed by atoms with Crippen molar-refractivity contribution in [2.45, 2.75) is 6.54 Å². The molecule has 0 saturated carbocycles. The molecule has 0 radical (unpaired) electrons. The van der Waals surface area contributed by atoms with Crippen LogP contribution in [0.1, 0.15) is 5.69 Å². The minimum atomic E-state index is 0.502. The van der Waals surface area contributed by atoms with Gasteiger partial charge in [0.15, 0.2) is 11.5 Å². The molecule has 2 aromatic heterocycles. The number of ether oxygens (including phenoxy) is 2. The fourth-order valence-corrected chi connectivity index (χ4v) is 2.45. The Labute approximate surface area is 145 Å². The van der Waals surface area contributed by atoms with Crippen LogP contribution in [-0.2, 0) is 6.54 Å². The first kappa shape index (κ1) is 15.2. The summed E-state index contributed by atoms with van der Waals surface area (Å²) in [4.78, 5) is 13.0. The predicted octanol–water partition coefficient (Wildman–Crippen LogP) is 3.00. The Balaban J connectivity index is 1.44. The Hall–Kier alpha value is -3.35. The van der Waals surface area contributed by atoms with Gasteiger partial charge in [0, 0.05) is 24.1 Å². The van der Waals surface area contributed by atoms with Gasteiger partial charge in [-0.25, -0.2) is 4.98 Å². The second kappa shape index (κ2) is 7.04. The number of nitrogens with one attached hydrogen (secondary N) is 2. The van der Waals surface area contributed by atoms with Gasteiger partial charge in [-0.15, -0.1) is 0 Å². The van der Waals surface area contributed by atoms with Crippen molar-refractivity contribution in [1.82, 2.24) is 15.0 Å². The predicted molar refractivity (Wildman–Crippen MR) is 94.3 cm³/mol. The van der Waals surface area contributed by atoms with E-state index in [9.17, 15) is 0 Å². The number of aromatic nitrogens is 3. The zero-order valence-electron chi connectivity index (χ0n) is 13.5. The van der Waals surface area contributed by atoms with Crippen LogP contribution in [-0.4, -0.2) is 28.2 Å². The van der Waals surface area contributed by atoms with Crippen molar-refractivity contribution in [3.63, 3.8) is 0 Å². The average Bonchev–Trinajstić information content (AvgIpc) is 2.67. The number of nitrogens with zero attached hydrogens (tertiary/aromatic N) is 3. The van der Waals surface area contributed by atoms with E-state index in [1.165, 1.54) is 0 Å². The molecule has 4 rings (SSSR count). The molecule has 1 aliphatic rings. The van der Waals surface area contributed by atoms with Gasteiger partial charge in [-0.2, -0.15) is 4.98 Å². The van der Waals surface area contributed by atoms with Crippen molar-refractivity contribution < 1.29 is 9.47 Å². The lowest BCUT2D eigenvalue weighted by Gasteiger charge is -2.19. The van der Waals surface area contributed by atoms with Gasteiger partial charge in [0.25, 0.3) is 0 Å². The smallest absolute Gasteiger partial charge is 0.229 e. The molecular weight excluding hydrogens is 318 g/mol. The van der Waals surface area contributed by atoms with Crippen LogP contribution < -0.4 is 20.1 Å². The molecule has 1 aromatic carbocycles. The van der Waals surface area contributed by atoms with Gasteiger partial charge in [-0.05, 0) is 30.3 Å². The van der Waals surface area contributed by atoms with Crippen LogP contribution in [0.2, 0.25) is 0 Å². The number of pyridine rings is 1. The van der Waals surface area contributed by atoms with Crippen molar-refractivity contribution in [2.75, 3.05) is 23.8 Å². The quantitative estimate of drug-likeness (QED) is 0.742. The Morgan fingerprint density at radius 2 is 1.84 bits per heavy atom. The normalized spacial score (nSPS) is 12.5. The van der Waals surface area contributed by atoms with E-state index >= 15 is 0 Å². The molecule has 0 fully saturated rings. The third-order valence-corrected chi connectivity index (χ3v) is 3.63. The van der Waals surface area contributed by atoms with E-state index in [-0.39, 0.29) is 0 Å². The van der Waals surface area contributed by atoms with E-state index in [0.29, 0.717) is 25.7 Å². The molecule has 3 aromatic rings. The van der Waals surface area contributed by atoms with Crippen LogP contribution in [0.5, 0.6) is 11.5 Å². The maximum absolute atomic E-state index is 5.59. The molecule has 0 aliphatic carbocycles. The summed E-state index contributed by atoms with van der Waals surface area (Å²) in [6.45, 7) is 1.73. The molecule has 0 atom stereocenters. The Bertz CT molecular complexity index is 857. The van der Waals surface area contributed by atoms with Gasteiger partial charge in [-0.3, -0.25) is 4.98 Å². The molecule has 0 bridgehead atoms. The highest BCUT2D eigenvalue weighted by molar-refractivity contribution is 5.60. The number of benzene rings is 1. The zero-order chi connectivity index (χ0) is 16.9. The highest BCUT2D eigenvalue weighted by Gasteiger charge is 2.12. The summed E-state index contributed by atoms with van der Waals surface area (Å²) in [5.41, 5.74) is 1.79. The number of fused-ring (bicyclic) bond motifs is 1. The molecule has 126 valence electrons. The summed E-state index contributed by atoms with van der Waals surface area (Å²) in [7, 11) is 0. The number of hydrogen-bond acceptors (Lipinski definition) is 7. The highest BCUT2D eigenvalue weighted by Crippen LogP contribution is 2.33. The van der Waals surface area contributed by atoms with E-state index in [0.717, 1.165) is 28.7 Å². The van der Waals surface area contributed by atoms with E-state index in [2.05, 4.69) is 25.6 Å². The second-order valence-corrected chi connectivity index (χ2v) is 5.42. The molecule has 2 N–H and O–H groups in total. The van der Waals surface area contributed by atoms with Crippen LogP contribution in [0.25, 0.3) is 0 Å². The molecular formula is C18H17N5O2. The van der Waals surface area contributed by atoms with Gasteiger partial charge in [0.05, 0.1) is 12.2 Å². The standard InChI is InChI=1S/C18H17N5O2/c1-2-7-19-14(3-1)12-21-17-6-8-20-18(23-17)22-13-4-5-15-16(11-13)25-10-9-24-15/h1-8,11H,9-10,12H2,(H2,20,21,22,23). The van der Waals surface area contributed by atoms with Crippen LogP contribution in [0.15, 0.2) is 54.9 Å². The van der Waals surface area contributed by atoms with Gasteiger partial charge in [0.1, 0.15) is 19.0 Å². The van der Waals surface area contributed by atoms with Gasteiger partial charge < -0.3 is 20.1 Å². The van der Waals surface area contributed by atoms with Crippen LogP contribution in [0, 0.1) is 0 Å². The largest absolute Gasteiger partial charge is 0.486 e. The molecule has 7 heteroatoms. The number of anilines is 3. The van der Waals surface area contributed by atoms with Crippen molar-refractivity contribution in [3.8, 4) is 11.5 Å². The second-order valence-electron chi connectivity index (χ2n) is 5.42. The van der Waals surface area contributed by atoms with Crippen molar-refractivity contribution >= 4 is 17.5 Å². The number of hydrogen-bond donors (Lipinski definition) is 2. The molecule has 7 nitrogen and oxygen atoms in total. The Morgan fingerprint density at radius 3 is 2.72 bits per heavy atom. The minimum absolute atomic E-state index is 0.502. The van der Waals surface area contributed by atoms with E-state index < -0.39 is 0 Å². The molecule has 1 aliphatic heterocycles. The molecule has 0 amide bonds. The maximum Gasteiger partial charge on any atom is 0.229 e. The minimum Gasteiger partial charge on any atom is -0.486 e. The molecule has 0 saturated heterocycles. The van der Waals surface area contributed by atoms with Gasteiger partial charge in [-0.1, -0.05) is 6.07 Å². The van der Waals surface area contributed by atoms with Crippen molar-refractivity contribution in [1.29, 1.82) is 0 Å². The summed E-state index contributed by atoms with van der Waals surface area (Å²) >= 11 is 0. The summed E-state index contributed by atoms with van der Waals surface area (Å²) in [5.74, 6) is 2.70. The maximum atomic E-state index is 5.59. The first-order valence-corrected chi connectivity index (χ1v) is 8.00. The van der Waals surface area contributed by atoms with E-state index in [1.807, 2.05) is 42.5 Å². The number of rotatable bonds is 5. The summed E-state index contributed by atoms with van der Waals surface area (Å²) < 4.78 is 11.1. The van der Waals surface area contributed by atoms with Gasteiger partial charge in [0.2, 0.25) is 5.95 Å². The van der Waals surface area contributed by atoms with Crippen molar-refractivity contribution in [3.05, 3.63) is 60.6 Å². The zero-order valence-corrected chi connectivity index (χ0v) is 13.5. The lowest BCUT2D eigenvalue weighted by molar-refractivity contribution is 0.171. The topological polar surface area (TPSA) is 81.2 Å². The van der Waals surface area contributed by atoms with Crippen LogP contribution >= 0.6 is 0 Å². The Morgan fingerprint density at radius 1 is 0.920 bits per heavy atom. The first-order chi connectivity index (χ1) is 12.4. The Kier molecular flexibility index (Phi) is 4.28. The summed E-state index contributed by atoms with van der Waals surface area (Å²) in [6, 6.07) is 13.3. The fourth-order valence-electron chi connectivity index (χ4n) is 2.45. The van der Waals surface area contributed by atoms with E-state index in [1.54, 1.807) is 12.4 Å². The third kappa shape index (κ3) is 3.77. The molecule has 3 heterocycles. The highest BCUT2D eigenvalue weighted by atomic mass is 16.6. The van der Waals surface area contributed by atoms with Crippen LogP contribution in [0.3, 0.4) is 0 Å². The van der Waals surface area contributed by atoms with Crippen molar-refractivity contribution in [2.24, 2.45) is 0 Å². The van der Waals surface area contributed by atoms with Crippen LogP contribution in [0.4, 0.5) is 17.5 Å². The molecule has 0 unspecified atom stereocenters. The third-order valence-electron chi connectivity index (χ3n) is 3.63. The first-order valence-electron chi connectivity index (χ1n) is 8.00. The lowest BCUT2D eigenvalue weighted by atomic mass is 10.2. The van der Waals surface area contributed by atoms with E-state index in [4.69, 9.17) is 9.47 Å². The SMILES string of the molecule is c1ccc(CNc2ccnc(Nc3ccc4c(c3)OCCO4)n2)nc1. The summed E-state index contributed by atoms with van der Waals surface area (Å²) in [5, 5.41) is 6.42. The summed E-state index contributed by atoms with van der Waals surface area (Å²) in [6.07, 6.45) is 3.47. The molecule has 25 heavy (non-hydrogen) atoms. The molecule has 0 spiro atoms. The monoisotopic (exact) mass is 335 g/mol. The van der Waals surface area contributed by atoms with Gasteiger partial charge >= 0.3 is 0 Å². The average molecular weight is 335 g/mol. The lowest BCUT2D eigenvalue weighted by Crippen LogP contribution is -2.15.